The van der Waals surface area contributed by atoms with Gasteiger partial charge in [-0.25, -0.2) is 4.98 Å². The van der Waals surface area contributed by atoms with E-state index in [4.69, 9.17) is 4.74 Å². The number of fused-ring (bicyclic) bond motifs is 2. The van der Waals surface area contributed by atoms with Crippen LogP contribution >= 0.6 is 0 Å². The van der Waals surface area contributed by atoms with E-state index >= 15 is 0 Å². The maximum atomic E-state index is 12.7. The van der Waals surface area contributed by atoms with Crippen LogP contribution in [0.25, 0.3) is 21.8 Å². The Kier molecular flexibility index (Phi) is 2.78. The van der Waals surface area contributed by atoms with Crippen molar-refractivity contribution in [1.29, 1.82) is 0 Å². The third kappa shape index (κ3) is 2.15. The number of hydrogen-bond donors (Lipinski definition) is 0. The molecule has 0 fully saturated rings. The number of rotatable bonds is 1. The molecular weight excluding hydrogens is 267 g/mol. The van der Waals surface area contributed by atoms with E-state index in [1.165, 1.54) is 13.2 Å². The van der Waals surface area contributed by atoms with Crippen molar-refractivity contribution in [3.8, 4) is 5.75 Å². The Morgan fingerprint density at radius 1 is 0.900 bits per heavy atom. The van der Waals surface area contributed by atoms with Crippen LogP contribution in [0.5, 0.6) is 5.75 Å². The first-order valence-electron chi connectivity index (χ1n) is 5.93. The normalized spacial score (nSPS) is 12.0. The lowest BCUT2D eigenvalue weighted by Crippen LogP contribution is -2.04. The van der Waals surface area contributed by atoms with Crippen molar-refractivity contribution in [3.63, 3.8) is 0 Å². The number of pyridine rings is 1. The van der Waals surface area contributed by atoms with Crippen molar-refractivity contribution in [3.05, 3.63) is 48.0 Å². The van der Waals surface area contributed by atoms with Crippen molar-refractivity contribution < 1.29 is 17.9 Å². The lowest BCUT2D eigenvalue weighted by molar-refractivity contribution is -0.137. The van der Waals surface area contributed by atoms with Gasteiger partial charge in [-0.3, -0.25) is 0 Å². The molecule has 0 amide bonds. The Morgan fingerprint density at radius 2 is 1.55 bits per heavy atom. The van der Waals surface area contributed by atoms with E-state index in [1.807, 2.05) is 12.1 Å². The quantitative estimate of drug-likeness (QED) is 0.614. The molecule has 3 rings (SSSR count). The average Bonchev–Trinajstić information content (AvgIpc) is 2.42. The summed E-state index contributed by atoms with van der Waals surface area (Å²) in [7, 11) is 1.53. The van der Waals surface area contributed by atoms with Crippen LogP contribution in [0.15, 0.2) is 42.5 Å². The summed E-state index contributed by atoms with van der Waals surface area (Å²) in [6.45, 7) is 0. The molecule has 1 aromatic heterocycles. The number of hydrogen-bond acceptors (Lipinski definition) is 2. The molecule has 3 aromatic rings. The van der Waals surface area contributed by atoms with E-state index in [0.29, 0.717) is 22.2 Å². The van der Waals surface area contributed by atoms with E-state index in [-0.39, 0.29) is 0 Å². The van der Waals surface area contributed by atoms with E-state index in [9.17, 15) is 13.2 Å². The Morgan fingerprint density at radius 3 is 2.20 bits per heavy atom. The van der Waals surface area contributed by atoms with Gasteiger partial charge in [-0.2, -0.15) is 13.2 Å². The molecule has 1 heterocycles. The molecule has 2 aromatic carbocycles. The number of aromatic nitrogens is 1. The zero-order chi connectivity index (χ0) is 14.3. The van der Waals surface area contributed by atoms with Crippen LogP contribution in [0.3, 0.4) is 0 Å². The van der Waals surface area contributed by atoms with Crippen LogP contribution in [0, 0.1) is 0 Å². The third-order valence-corrected chi connectivity index (χ3v) is 3.15. The number of alkyl halides is 3. The molecule has 0 saturated carbocycles. The number of methoxy groups -OCH3 is 1. The maximum Gasteiger partial charge on any atom is 0.416 e. The fraction of sp³-hybridized carbons (Fsp3) is 0.133. The topological polar surface area (TPSA) is 22.1 Å². The SMILES string of the molecule is COc1ccc2cc3ccc(C(F)(F)F)cc3nc2c1. The van der Waals surface area contributed by atoms with Crippen LogP contribution in [-0.4, -0.2) is 12.1 Å². The van der Waals surface area contributed by atoms with Gasteiger partial charge in [-0.1, -0.05) is 6.07 Å². The molecule has 0 saturated heterocycles. The first kappa shape index (κ1) is 12.7. The predicted octanol–water partition coefficient (Wildman–Crippen LogP) is 4.42. The minimum absolute atomic E-state index is 0.320. The molecular formula is C15H10F3NO. The van der Waals surface area contributed by atoms with Gasteiger partial charge in [0.15, 0.2) is 0 Å². The smallest absolute Gasteiger partial charge is 0.416 e. The molecule has 0 spiro atoms. The summed E-state index contributed by atoms with van der Waals surface area (Å²) >= 11 is 0. The number of ether oxygens (including phenoxy) is 1. The summed E-state index contributed by atoms with van der Waals surface area (Å²) in [6.07, 6.45) is -4.36. The van der Waals surface area contributed by atoms with Gasteiger partial charge in [0.2, 0.25) is 0 Å². The lowest BCUT2D eigenvalue weighted by atomic mass is 10.1. The van der Waals surface area contributed by atoms with E-state index < -0.39 is 11.7 Å². The largest absolute Gasteiger partial charge is 0.497 e. The minimum atomic E-state index is -4.36. The first-order valence-corrected chi connectivity index (χ1v) is 5.93. The average molecular weight is 277 g/mol. The second-order valence-electron chi connectivity index (χ2n) is 4.45. The van der Waals surface area contributed by atoms with E-state index in [0.717, 1.165) is 17.5 Å². The summed E-state index contributed by atoms with van der Waals surface area (Å²) in [5.41, 5.74) is 0.233. The summed E-state index contributed by atoms with van der Waals surface area (Å²) in [5, 5.41) is 1.54. The Hall–Kier alpha value is -2.30. The zero-order valence-corrected chi connectivity index (χ0v) is 10.5. The van der Waals surface area contributed by atoms with E-state index in [2.05, 4.69) is 4.98 Å². The van der Waals surface area contributed by atoms with Crippen molar-refractivity contribution in [2.75, 3.05) is 7.11 Å². The number of halogens is 3. The fourth-order valence-corrected chi connectivity index (χ4v) is 2.11. The molecule has 0 atom stereocenters. The lowest BCUT2D eigenvalue weighted by Gasteiger charge is -2.08. The standard InChI is InChI=1S/C15H10F3NO/c1-20-12-5-3-10-6-9-2-4-11(15(16,17)18)7-13(9)19-14(10)8-12/h2-8H,1H3. The van der Waals surface area contributed by atoms with Crippen LogP contribution in [0.2, 0.25) is 0 Å². The molecule has 0 N–H and O–H groups in total. The molecule has 0 aliphatic carbocycles. The highest BCUT2D eigenvalue weighted by Crippen LogP contribution is 2.32. The summed E-state index contributed by atoms with van der Waals surface area (Å²) in [4.78, 5) is 4.28. The van der Waals surface area contributed by atoms with Crippen molar-refractivity contribution >= 4 is 21.8 Å². The monoisotopic (exact) mass is 277 g/mol. The zero-order valence-electron chi connectivity index (χ0n) is 10.5. The van der Waals surface area contributed by atoms with Gasteiger partial charge in [0.25, 0.3) is 0 Å². The van der Waals surface area contributed by atoms with Gasteiger partial charge >= 0.3 is 6.18 Å². The van der Waals surface area contributed by atoms with Crippen LogP contribution in [0.4, 0.5) is 13.2 Å². The minimum Gasteiger partial charge on any atom is -0.497 e. The predicted molar refractivity (Wildman–Crippen MR) is 70.8 cm³/mol. The van der Waals surface area contributed by atoms with Gasteiger partial charge in [0.1, 0.15) is 5.75 Å². The molecule has 0 aliphatic heterocycles. The number of benzene rings is 2. The molecule has 0 radical (unpaired) electrons. The Balaban J connectivity index is 2.26. The molecule has 0 aliphatic rings. The summed E-state index contributed by atoms with van der Waals surface area (Å²) in [6, 6.07) is 10.7. The van der Waals surface area contributed by atoms with Crippen LogP contribution < -0.4 is 4.74 Å². The van der Waals surface area contributed by atoms with Crippen molar-refractivity contribution in [2.45, 2.75) is 6.18 Å². The third-order valence-electron chi connectivity index (χ3n) is 3.15. The second-order valence-corrected chi connectivity index (χ2v) is 4.45. The molecule has 0 unspecified atom stereocenters. The molecule has 20 heavy (non-hydrogen) atoms. The van der Waals surface area contributed by atoms with E-state index in [1.54, 1.807) is 12.1 Å². The van der Waals surface area contributed by atoms with Gasteiger partial charge in [0.05, 0.1) is 23.7 Å². The summed E-state index contributed by atoms with van der Waals surface area (Å²) < 4.78 is 43.2. The van der Waals surface area contributed by atoms with Crippen molar-refractivity contribution in [1.82, 2.24) is 4.98 Å². The number of nitrogens with zero attached hydrogens (tertiary/aromatic N) is 1. The molecule has 5 heteroatoms. The van der Waals surface area contributed by atoms with Gasteiger partial charge in [-0.15, -0.1) is 0 Å². The molecule has 102 valence electrons. The summed E-state index contributed by atoms with van der Waals surface area (Å²) in [5.74, 6) is 0.622. The van der Waals surface area contributed by atoms with Crippen molar-refractivity contribution in [2.24, 2.45) is 0 Å². The van der Waals surface area contributed by atoms with Gasteiger partial charge < -0.3 is 4.74 Å². The molecule has 2 nitrogen and oxygen atoms in total. The first-order chi connectivity index (χ1) is 9.47. The van der Waals surface area contributed by atoms with Crippen LogP contribution in [-0.2, 0) is 6.18 Å². The highest BCUT2D eigenvalue weighted by Gasteiger charge is 2.30. The van der Waals surface area contributed by atoms with Crippen LogP contribution in [0.1, 0.15) is 5.56 Å². The Labute approximate surface area is 112 Å². The fourth-order valence-electron chi connectivity index (χ4n) is 2.11. The Bertz CT molecular complexity index is 796. The van der Waals surface area contributed by atoms with Gasteiger partial charge in [0, 0.05) is 16.8 Å². The highest BCUT2D eigenvalue weighted by molar-refractivity contribution is 5.93. The van der Waals surface area contributed by atoms with Gasteiger partial charge in [-0.05, 0) is 30.3 Å². The second kappa shape index (κ2) is 4.37. The highest BCUT2D eigenvalue weighted by atomic mass is 19.4. The molecule has 0 bridgehead atoms. The maximum absolute atomic E-state index is 12.7.